The van der Waals surface area contributed by atoms with Gasteiger partial charge in [0.2, 0.25) is 0 Å². The lowest BCUT2D eigenvalue weighted by Crippen LogP contribution is -2.36. The minimum atomic E-state index is -4.49. The summed E-state index contributed by atoms with van der Waals surface area (Å²) in [7, 11) is 0. The van der Waals surface area contributed by atoms with Gasteiger partial charge in [0.05, 0.1) is 11.7 Å². The van der Waals surface area contributed by atoms with Crippen molar-refractivity contribution in [1.82, 2.24) is 0 Å². The van der Waals surface area contributed by atoms with Crippen molar-refractivity contribution >= 4 is 0 Å². The molecular formula is C15H21F3O2. The van der Waals surface area contributed by atoms with Gasteiger partial charge < -0.3 is 9.84 Å². The molecule has 5 heteroatoms. The average Bonchev–Trinajstić information content (AvgIpc) is 2.32. The van der Waals surface area contributed by atoms with E-state index in [2.05, 4.69) is 0 Å². The van der Waals surface area contributed by atoms with E-state index in [1.807, 2.05) is 20.8 Å². The van der Waals surface area contributed by atoms with Crippen LogP contribution in [0.3, 0.4) is 0 Å². The zero-order valence-corrected chi connectivity index (χ0v) is 12.2. The van der Waals surface area contributed by atoms with Crippen molar-refractivity contribution in [1.29, 1.82) is 0 Å². The number of rotatable bonds is 4. The summed E-state index contributed by atoms with van der Waals surface area (Å²) < 4.78 is 44.5. The van der Waals surface area contributed by atoms with E-state index in [9.17, 15) is 18.3 Å². The number of ether oxygens (including phenoxy) is 1. The Morgan fingerprint density at radius 1 is 1.15 bits per heavy atom. The molecular weight excluding hydrogens is 269 g/mol. The highest BCUT2D eigenvalue weighted by Gasteiger charge is 2.39. The van der Waals surface area contributed by atoms with Crippen molar-refractivity contribution in [3.8, 4) is 0 Å². The van der Waals surface area contributed by atoms with Crippen LogP contribution in [-0.4, -0.2) is 17.8 Å². The molecule has 2 unspecified atom stereocenters. The van der Waals surface area contributed by atoms with Crippen molar-refractivity contribution in [2.75, 3.05) is 6.61 Å². The van der Waals surface area contributed by atoms with E-state index >= 15 is 0 Å². The highest BCUT2D eigenvalue weighted by atomic mass is 19.4. The summed E-state index contributed by atoms with van der Waals surface area (Å²) >= 11 is 0. The first-order valence-electron chi connectivity index (χ1n) is 6.54. The lowest BCUT2D eigenvalue weighted by Gasteiger charge is -2.35. The van der Waals surface area contributed by atoms with Crippen LogP contribution < -0.4 is 0 Å². The maximum absolute atomic E-state index is 13.0. The lowest BCUT2D eigenvalue weighted by molar-refractivity contribution is -0.142. The van der Waals surface area contributed by atoms with Gasteiger partial charge in [-0.1, -0.05) is 39.0 Å². The van der Waals surface area contributed by atoms with E-state index in [1.54, 1.807) is 6.92 Å². The molecule has 1 aromatic carbocycles. The van der Waals surface area contributed by atoms with Crippen LogP contribution in [0.5, 0.6) is 0 Å². The zero-order chi connectivity index (χ0) is 15.6. The summed E-state index contributed by atoms with van der Waals surface area (Å²) in [5.41, 5.74) is -1.44. The van der Waals surface area contributed by atoms with Gasteiger partial charge >= 0.3 is 6.18 Å². The third-order valence-corrected chi connectivity index (χ3v) is 3.07. The number of hydrogen-bond donors (Lipinski definition) is 1. The molecule has 0 radical (unpaired) electrons. The Morgan fingerprint density at radius 3 is 2.15 bits per heavy atom. The van der Waals surface area contributed by atoms with Crippen LogP contribution in [0.2, 0.25) is 0 Å². The molecule has 2 nitrogen and oxygen atoms in total. The van der Waals surface area contributed by atoms with Crippen molar-refractivity contribution in [3.05, 3.63) is 35.4 Å². The minimum Gasteiger partial charge on any atom is -0.386 e. The van der Waals surface area contributed by atoms with Crippen molar-refractivity contribution in [2.45, 2.75) is 46.1 Å². The van der Waals surface area contributed by atoms with Crippen molar-refractivity contribution in [3.63, 3.8) is 0 Å². The Morgan fingerprint density at radius 2 is 1.70 bits per heavy atom. The van der Waals surface area contributed by atoms with Gasteiger partial charge in [-0.2, -0.15) is 13.2 Å². The molecule has 2 atom stereocenters. The van der Waals surface area contributed by atoms with E-state index in [0.29, 0.717) is 6.61 Å². The van der Waals surface area contributed by atoms with Crippen LogP contribution in [-0.2, 0) is 10.9 Å². The quantitative estimate of drug-likeness (QED) is 0.901. The second-order valence-corrected chi connectivity index (χ2v) is 5.77. The highest BCUT2D eigenvalue weighted by molar-refractivity contribution is 5.32. The fourth-order valence-corrected chi connectivity index (χ4v) is 2.17. The van der Waals surface area contributed by atoms with E-state index in [1.165, 1.54) is 18.2 Å². The molecule has 1 aromatic rings. The van der Waals surface area contributed by atoms with Crippen LogP contribution in [0.15, 0.2) is 24.3 Å². The summed E-state index contributed by atoms with van der Waals surface area (Å²) in [6.07, 6.45) is -6.53. The molecule has 0 bridgehead atoms. The Kier molecular flexibility index (Phi) is 5.21. The Balaban J connectivity index is 3.22. The highest BCUT2D eigenvalue weighted by Crippen LogP contribution is 2.39. The third kappa shape index (κ3) is 3.96. The summed E-state index contributed by atoms with van der Waals surface area (Å²) in [6, 6.07) is 5.07. The first-order chi connectivity index (χ1) is 9.09. The molecule has 0 saturated carbocycles. The smallest absolute Gasteiger partial charge is 0.386 e. The molecule has 1 N–H and O–H groups in total. The standard InChI is InChI=1S/C15H21F3O2/c1-5-20-13(14(2,3)4)12(19)10-8-6-7-9-11(10)15(16,17)18/h6-9,12-13,19H,5H2,1-4H3. The van der Waals surface area contributed by atoms with Gasteiger partial charge in [0.15, 0.2) is 0 Å². The summed E-state index contributed by atoms with van der Waals surface area (Å²) in [6.45, 7) is 7.56. The lowest BCUT2D eigenvalue weighted by atomic mass is 9.82. The van der Waals surface area contributed by atoms with E-state index < -0.39 is 29.4 Å². The van der Waals surface area contributed by atoms with Gasteiger partial charge in [-0.25, -0.2) is 0 Å². The van der Waals surface area contributed by atoms with Gasteiger partial charge in [0.1, 0.15) is 6.10 Å². The van der Waals surface area contributed by atoms with E-state index in [-0.39, 0.29) is 5.56 Å². The van der Waals surface area contributed by atoms with Gasteiger partial charge in [-0.05, 0) is 24.0 Å². The predicted molar refractivity (Wildman–Crippen MR) is 71.3 cm³/mol. The van der Waals surface area contributed by atoms with Gasteiger partial charge in [0.25, 0.3) is 0 Å². The van der Waals surface area contributed by atoms with Crippen LogP contribution in [0.4, 0.5) is 13.2 Å². The first kappa shape index (κ1) is 17.0. The van der Waals surface area contributed by atoms with Gasteiger partial charge in [0, 0.05) is 6.61 Å². The van der Waals surface area contributed by atoms with Gasteiger partial charge in [-0.15, -0.1) is 0 Å². The zero-order valence-electron chi connectivity index (χ0n) is 12.2. The van der Waals surface area contributed by atoms with Crippen molar-refractivity contribution in [2.24, 2.45) is 5.41 Å². The topological polar surface area (TPSA) is 29.5 Å². The largest absolute Gasteiger partial charge is 0.416 e. The fourth-order valence-electron chi connectivity index (χ4n) is 2.17. The monoisotopic (exact) mass is 290 g/mol. The molecule has 0 aliphatic carbocycles. The molecule has 0 saturated heterocycles. The second-order valence-electron chi connectivity index (χ2n) is 5.77. The molecule has 0 aromatic heterocycles. The summed E-state index contributed by atoms with van der Waals surface area (Å²) in [5.74, 6) is 0. The van der Waals surface area contributed by atoms with E-state index in [0.717, 1.165) is 6.07 Å². The number of benzene rings is 1. The number of alkyl halides is 3. The second kappa shape index (κ2) is 6.14. The number of aliphatic hydroxyl groups excluding tert-OH is 1. The summed E-state index contributed by atoms with van der Waals surface area (Å²) in [4.78, 5) is 0. The fraction of sp³-hybridized carbons (Fsp3) is 0.600. The predicted octanol–water partition coefficient (Wildman–Crippen LogP) is 4.19. The van der Waals surface area contributed by atoms with Crippen LogP contribution in [0, 0.1) is 5.41 Å². The third-order valence-electron chi connectivity index (χ3n) is 3.07. The number of hydrogen-bond acceptors (Lipinski definition) is 2. The molecule has 0 amide bonds. The molecule has 0 heterocycles. The number of aliphatic hydroxyl groups is 1. The molecule has 20 heavy (non-hydrogen) atoms. The molecule has 0 fully saturated rings. The molecule has 1 rings (SSSR count). The molecule has 0 aliphatic heterocycles. The Hall–Kier alpha value is -1.07. The maximum Gasteiger partial charge on any atom is 0.416 e. The maximum atomic E-state index is 13.0. The van der Waals surface area contributed by atoms with Crippen molar-refractivity contribution < 1.29 is 23.0 Å². The van der Waals surface area contributed by atoms with E-state index in [4.69, 9.17) is 4.74 Å². The number of halogens is 3. The Labute approximate surface area is 117 Å². The first-order valence-corrected chi connectivity index (χ1v) is 6.54. The van der Waals surface area contributed by atoms with Crippen LogP contribution in [0.1, 0.15) is 44.9 Å². The van der Waals surface area contributed by atoms with Gasteiger partial charge in [-0.3, -0.25) is 0 Å². The van der Waals surface area contributed by atoms with Crippen LogP contribution >= 0.6 is 0 Å². The van der Waals surface area contributed by atoms with Crippen LogP contribution in [0.25, 0.3) is 0 Å². The average molecular weight is 290 g/mol. The molecule has 0 aliphatic rings. The SMILES string of the molecule is CCOC(C(O)c1ccccc1C(F)(F)F)C(C)(C)C. The molecule has 114 valence electrons. The molecule has 0 spiro atoms. The summed E-state index contributed by atoms with van der Waals surface area (Å²) in [5, 5.41) is 10.4. The normalized spacial score (nSPS) is 16.0. The minimum absolute atomic E-state index is 0.145. The Bertz CT molecular complexity index is 435.